The summed E-state index contributed by atoms with van der Waals surface area (Å²) >= 11 is 3.55. The Labute approximate surface area is 103 Å². The highest BCUT2D eigenvalue weighted by molar-refractivity contribution is 9.10. The summed E-state index contributed by atoms with van der Waals surface area (Å²) in [6.07, 6.45) is 6.92. The Bertz CT molecular complexity index is 518. The predicted molar refractivity (Wildman–Crippen MR) is 68.4 cm³/mol. The topological polar surface area (TPSA) is 25.8 Å². The highest BCUT2D eigenvalue weighted by atomic mass is 79.9. The number of halogens is 1. The minimum atomic E-state index is 0.639. The summed E-state index contributed by atoms with van der Waals surface area (Å²) in [6, 6.07) is 6.23. The summed E-state index contributed by atoms with van der Waals surface area (Å²) in [6.45, 7) is 0. The molecule has 0 unspecified atom stereocenters. The highest BCUT2D eigenvalue weighted by Gasteiger charge is 2.20. The van der Waals surface area contributed by atoms with Gasteiger partial charge in [-0.15, -0.1) is 0 Å². The molecule has 2 nitrogen and oxygen atoms in total. The van der Waals surface area contributed by atoms with E-state index in [0.29, 0.717) is 5.92 Å². The predicted octanol–water partition coefficient (Wildman–Crippen LogP) is 4.05. The van der Waals surface area contributed by atoms with Crippen LogP contribution in [0.15, 0.2) is 29.0 Å². The van der Waals surface area contributed by atoms with Crippen LogP contribution in [0.25, 0.3) is 10.9 Å². The molecule has 0 radical (unpaired) electrons. The molecule has 1 aromatic carbocycles. The van der Waals surface area contributed by atoms with Gasteiger partial charge in [-0.2, -0.15) is 0 Å². The molecular formula is C13H13BrN2. The molecular weight excluding hydrogens is 264 g/mol. The van der Waals surface area contributed by atoms with Gasteiger partial charge in [0.15, 0.2) is 0 Å². The Hall–Kier alpha value is -0.960. The molecule has 0 amide bonds. The van der Waals surface area contributed by atoms with Gasteiger partial charge >= 0.3 is 0 Å². The summed E-state index contributed by atoms with van der Waals surface area (Å²) in [7, 11) is 0. The molecule has 0 bridgehead atoms. The van der Waals surface area contributed by atoms with Crippen LogP contribution in [0.3, 0.4) is 0 Å². The average Bonchev–Trinajstić information content (AvgIpc) is 2.82. The summed E-state index contributed by atoms with van der Waals surface area (Å²) in [5, 5.41) is 1.21. The fraction of sp³-hybridized carbons (Fsp3) is 0.385. The molecule has 3 rings (SSSR count). The first-order valence-electron chi connectivity index (χ1n) is 5.75. The monoisotopic (exact) mass is 276 g/mol. The SMILES string of the molecule is Brc1cccc2c(C3CCCC3)ncnc12. The van der Waals surface area contributed by atoms with Crippen LogP contribution in [0.2, 0.25) is 0 Å². The zero-order chi connectivity index (χ0) is 11.0. The van der Waals surface area contributed by atoms with Gasteiger partial charge in [0.25, 0.3) is 0 Å². The summed E-state index contributed by atoms with van der Waals surface area (Å²) < 4.78 is 1.06. The summed E-state index contributed by atoms with van der Waals surface area (Å²) in [4.78, 5) is 8.85. The number of aromatic nitrogens is 2. The maximum atomic E-state index is 4.50. The van der Waals surface area contributed by atoms with Crippen LogP contribution in [0.5, 0.6) is 0 Å². The maximum absolute atomic E-state index is 4.50. The molecule has 1 saturated carbocycles. The van der Waals surface area contributed by atoms with E-state index < -0.39 is 0 Å². The molecule has 0 spiro atoms. The van der Waals surface area contributed by atoms with Crippen molar-refractivity contribution >= 4 is 26.8 Å². The largest absolute Gasteiger partial charge is 0.240 e. The van der Waals surface area contributed by atoms with E-state index in [2.05, 4.69) is 38.0 Å². The fourth-order valence-electron chi connectivity index (χ4n) is 2.60. The third-order valence-corrected chi connectivity index (χ3v) is 4.03. The average molecular weight is 277 g/mol. The van der Waals surface area contributed by atoms with Crippen molar-refractivity contribution in [1.82, 2.24) is 9.97 Å². The second kappa shape index (κ2) is 4.13. The molecule has 0 atom stereocenters. The van der Waals surface area contributed by atoms with Crippen molar-refractivity contribution in [3.8, 4) is 0 Å². The van der Waals surface area contributed by atoms with E-state index in [1.54, 1.807) is 6.33 Å². The van der Waals surface area contributed by atoms with Gasteiger partial charge in [-0.25, -0.2) is 9.97 Å². The van der Waals surface area contributed by atoms with Crippen molar-refractivity contribution < 1.29 is 0 Å². The summed E-state index contributed by atoms with van der Waals surface area (Å²) in [5.41, 5.74) is 2.28. The van der Waals surface area contributed by atoms with Crippen molar-refractivity contribution in [2.45, 2.75) is 31.6 Å². The Morgan fingerprint density at radius 3 is 2.75 bits per heavy atom. The lowest BCUT2D eigenvalue weighted by Crippen LogP contribution is -1.99. The normalized spacial score (nSPS) is 17.1. The zero-order valence-electron chi connectivity index (χ0n) is 8.99. The molecule has 1 fully saturated rings. The van der Waals surface area contributed by atoms with E-state index >= 15 is 0 Å². The number of fused-ring (bicyclic) bond motifs is 1. The van der Waals surface area contributed by atoms with Gasteiger partial charge < -0.3 is 0 Å². The van der Waals surface area contributed by atoms with E-state index in [9.17, 15) is 0 Å². The number of benzene rings is 1. The molecule has 3 heteroatoms. The first-order chi connectivity index (χ1) is 7.86. The van der Waals surface area contributed by atoms with Crippen molar-refractivity contribution in [2.24, 2.45) is 0 Å². The third kappa shape index (κ3) is 1.63. The van der Waals surface area contributed by atoms with Gasteiger partial charge in [-0.1, -0.05) is 25.0 Å². The Balaban J connectivity index is 2.20. The first kappa shape index (κ1) is 10.2. The minimum Gasteiger partial charge on any atom is -0.240 e. The lowest BCUT2D eigenvalue weighted by atomic mass is 10.00. The van der Waals surface area contributed by atoms with Crippen LogP contribution >= 0.6 is 15.9 Å². The van der Waals surface area contributed by atoms with Crippen molar-refractivity contribution in [3.05, 3.63) is 34.7 Å². The molecule has 1 aromatic heterocycles. The van der Waals surface area contributed by atoms with E-state index in [-0.39, 0.29) is 0 Å². The number of rotatable bonds is 1. The van der Waals surface area contributed by atoms with Crippen LogP contribution in [-0.2, 0) is 0 Å². The van der Waals surface area contributed by atoms with E-state index in [1.807, 2.05) is 6.07 Å². The molecule has 0 aliphatic heterocycles. The van der Waals surface area contributed by atoms with Gasteiger partial charge in [-0.05, 0) is 34.8 Å². The van der Waals surface area contributed by atoms with Crippen molar-refractivity contribution in [2.75, 3.05) is 0 Å². The smallest absolute Gasteiger partial charge is 0.116 e. The third-order valence-electron chi connectivity index (χ3n) is 3.39. The molecule has 16 heavy (non-hydrogen) atoms. The molecule has 0 N–H and O–H groups in total. The molecule has 2 aromatic rings. The number of nitrogens with zero attached hydrogens (tertiary/aromatic N) is 2. The van der Waals surface area contributed by atoms with E-state index in [4.69, 9.17) is 0 Å². The molecule has 82 valence electrons. The maximum Gasteiger partial charge on any atom is 0.116 e. The van der Waals surface area contributed by atoms with Gasteiger partial charge in [0.2, 0.25) is 0 Å². The molecule has 1 heterocycles. The van der Waals surface area contributed by atoms with Crippen molar-refractivity contribution in [3.63, 3.8) is 0 Å². The second-order valence-electron chi connectivity index (χ2n) is 4.38. The number of hydrogen-bond donors (Lipinski definition) is 0. The standard InChI is InChI=1S/C13H13BrN2/c14-11-7-3-6-10-12(9-4-1-2-5-9)15-8-16-13(10)11/h3,6-9H,1-2,4-5H2. The van der Waals surface area contributed by atoms with Crippen LogP contribution in [0.4, 0.5) is 0 Å². The molecule has 0 saturated heterocycles. The first-order valence-corrected chi connectivity index (χ1v) is 6.54. The van der Waals surface area contributed by atoms with Crippen LogP contribution in [0.1, 0.15) is 37.3 Å². The van der Waals surface area contributed by atoms with Gasteiger partial charge in [0.1, 0.15) is 6.33 Å². The minimum absolute atomic E-state index is 0.639. The Morgan fingerprint density at radius 2 is 1.94 bits per heavy atom. The van der Waals surface area contributed by atoms with Gasteiger partial charge in [0, 0.05) is 15.8 Å². The highest BCUT2D eigenvalue weighted by Crippen LogP contribution is 2.36. The van der Waals surface area contributed by atoms with Crippen LogP contribution in [-0.4, -0.2) is 9.97 Å². The lowest BCUT2D eigenvalue weighted by molar-refractivity contribution is 0.702. The number of para-hydroxylation sites is 1. The van der Waals surface area contributed by atoms with E-state index in [1.165, 1.54) is 36.8 Å². The quantitative estimate of drug-likeness (QED) is 0.785. The second-order valence-corrected chi connectivity index (χ2v) is 5.23. The lowest BCUT2D eigenvalue weighted by Gasteiger charge is -2.11. The zero-order valence-corrected chi connectivity index (χ0v) is 10.6. The Morgan fingerprint density at radius 1 is 1.12 bits per heavy atom. The molecule has 1 aliphatic carbocycles. The van der Waals surface area contributed by atoms with Gasteiger partial charge in [-0.3, -0.25) is 0 Å². The molecule has 1 aliphatic rings. The fourth-order valence-corrected chi connectivity index (χ4v) is 3.06. The van der Waals surface area contributed by atoms with Crippen molar-refractivity contribution in [1.29, 1.82) is 0 Å². The number of hydrogen-bond acceptors (Lipinski definition) is 2. The summed E-state index contributed by atoms with van der Waals surface area (Å²) in [5.74, 6) is 0.639. The Kier molecular flexibility index (Phi) is 2.64. The van der Waals surface area contributed by atoms with E-state index in [0.717, 1.165) is 9.99 Å². The van der Waals surface area contributed by atoms with Gasteiger partial charge in [0.05, 0.1) is 11.2 Å². The van der Waals surface area contributed by atoms with Crippen LogP contribution in [0, 0.1) is 0 Å². The van der Waals surface area contributed by atoms with Crippen LogP contribution < -0.4 is 0 Å².